The smallest absolute Gasteiger partial charge is 0.234 e. The molecule has 34 heavy (non-hydrogen) atoms. The summed E-state index contributed by atoms with van der Waals surface area (Å²) in [6.45, 7) is 0. The number of carbonyl (C=O) groups excluding carboxylic acids is 1. The van der Waals surface area contributed by atoms with Crippen molar-refractivity contribution in [3.63, 3.8) is 0 Å². The normalized spacial score (nSPS) is 10.7. The van der Waals surface area contributed by atoms with Crippen LogP contribution in [0, 0.1) is 0 Å². The second-order valence-corrected chi connectivity index (χ2v) is 9.07. The maximum atomic E-state index is 12.7. The summed E-state index contributed by atoms with van der Waals surface area (Å²) in [4.78, 5) is 13.9. The summed E-state index contributed by atoms with van der Waals surface area (Å²) < 4.78 is 17.8. The molecule has 0 aliphatic rings. The maximum absolute atomic E-state index is 12.7. The minimum absolute atomic E-state index is 0.155. The Morgan fingerprint density at radius 2 is 1.76 bits per heavy atom. The highest BCUT2D eigenvalue weighted by Gasteiger charge is 2.17. The summed E-state index contributed by atoms with van der Waals surface area (Å²) in [5, 5.41) is 14.4. The molecule has 4 rings (SSSR count). The van der Waals surface area contributed by atoms with Gasteiger partial charge in [-0.3, -0.25) is 9.36 Å². The third-order valence-corrected chi connectivity index (χ3v) is 6.76. The Hall–Kier alpha value is -3.50. The van der Waals surface area contributed by atoms with Crippen molar-refractivity contribution < 1.29 is 19.0 Å². The van der Waals surface area contributed by atoms with Gasteiger partial charge >= 0.3 is 0 Å². The largest absolute Gasteiger partial charge is 0.497 e. The van der Waals surface area contributed by atoms with E-state index >= 15 is 0 Å². The molecule has 4 aromatic rings. The fourth-order valence-corrected chi connectivity index (χ4v) is 4.76. The van der Waals surface area contributed by atoms with Crippen LogP contribution in [0.3, 0.4) is 0 Å². The van der Waals surface area contributed by atoms with E-state index in [-0.39, 0.29) is 11.7 Å². The number of hydrogen-bond acceptors (Lipinski definition) is 8. The van der Waals surface area contributed by atoms with Gasteiger partial charge in [-0.05, 0) is 47.8 Å². The number of nitrogens with zero attached hydrogens (tertiary/aromatic N) is 3. The molecule has 2 aromatic heterocycles. The van der Waals surface area contributed by atoms with E-state index in [1.807, 2.05) is 40.3 Å². The number of anilines is 1. The van der Waals surface area contributed by atoms with Crippen molar-refractivity contribution in [1.82, 2.24) is 14.8 Å². The summed E-state index contributed by atoms with van der Waals surface area (Å²) in [6.07, 6.45) is 0.645. The van der Waals surface area contributed by atoms with Crippen LogP contribution in [-0.2, 0) is 11.2 Å². The SMILES string of the molecule is COc1ccc(-n2c(Cc3cccs3)nnc2SCC(=O)Nc2ccc(OC)cc2OC)cc1. The summed E-state index contributed by atoms with van der Waals surface area (Å²) in [5.74, 6) is 2.71. The average molecular weight is 497 g/mol. The summed E-state index contributed by atoms with van der Waals surface area (Å²) in [5.41, 5.74) is 1.47. The topological polar surface area (TPSA) is 87.5 Å². The molecule has 2 aromatic carbocycles. The summed E-state index contributed by atoms with van der Waals surface area (Å²) >= 11 is 2.99. The zero-order valence-electron chi connectivity index (χ0n) is 19.0. The first-order valence-electron chi connectivity index (χ1n) is 10.4. The fourth-order valence-electron chi connectivity index (χ4n) is 3.29. The molecule has 0 spiro atoms. The highest BCUT2D eigenvalue weighted by Crippen LogP contribution is 2.30. The number of methoxy groups -OCH3 is 3. The number of ether oxygens (including phenoxy) is 3. The third kappa shape index (κ3) is 5.52. The molecule has 0 radical (unpaired) electrons. The quantitative estimate of drug-likeness (QED) is 0.319. The minimum atomic E-state index is -0.183. The Morgan fingerprint density at radius 3 is 2.44 bits per heavy atom. The average Bonchev–Trinajstić information content (AvgIpc) is 3.53. The van der Waals surface area contributed by atoms with E-state index < -0.39 is 0 Å². The van der Waals surface area contributed by atoms with Crippen LogP contribution in [0.4, 0.5) is 5.69 Å². The predicted octanol–water partition coefficient (Wildman–Crippen LogP) is 4.68. The molecular formula is C24H24N4O4S2. The summed E-state index contributed by atoms with van der Waals surface area (Å²) in [7, 11) is 4.76. The van der Waals surface area contributed by atoms with Gasteiger partial charge in [-0.1, -0.05) is 17.8 Å². The standard InChI is InChI=1S/C24H24N4O4S2/c1-30-17-8-6-16(7-9-17)28-22(14-19-5-4-12-33-19)26-27-24(28)34-15-23(29)25-20-11-10-18(31-2)13-21(20)32-3/h4-13H,14-15H2,1-3H3,(H,25,29). The first-order valence-corrected chi connectivity index (χ1v) is 12.2. The van der Waals surface area contributed by atoms with Gasteiger partial charge in [0.15, 0.2) is 5.16 Å². The first-order chi connectivity index (χ1) is 16.6. The third-order valence-electron chi connectivity index (χ3n) is 4.96. The monoisotopic (exact) mass is 496 g/mol. The molecule has 0 saturated heterocycles. The Balaban J connectivity index is 1.53. The number of carbonyl (C=O) groups is 1. The van der Waals surface area contributed by atoms with E-state index in [2.05, 4.69) is 21.6 Å². The van der Waals surface area contributed by atoms with E-state index in [0.29, 0.717) is 28.8 Å². The van der Waals surface area contributed by atoms with E-state index in [0.717, 1.165) is 17.3 Å². The molecular weight excluding hydrogens is 472 g/mol. The van der Waals surface area contributed by atoms with Crippen molar-refractivity contribution in [2.45, 2.75) is 11.6 Å². The molecule has 0 unspecified atom stereocenters. The first kappa shape index (κ1) is 23.7. The van der Waals surface area contributed by atoms with Crippen molar-refractivity contribution in [3.05, 3.63) is 70.7 Å². The number of amides is 1. The highest BCUT2D eigenvalue weighted by molar-refractivity contribution is 7.99. The van der Waals surface area contributed by atoms with E-state index in [9.17, 15) is 4.79 Å². The van der Waals surface area contributed by atoms with Crippen molar-refractivity contribution in [1.29, 1.82) is 0 Å². The number of thioether (sulfide) groups is 1. The zero-order valence-corrected chi connectivity index (χ0v) is 20.6. The highest BCUT2D eigenvalue weighted by atomic mass is 32.2. The number of hydrogen-bond donors (Lipinski definition) is 1. The summed E-state index contributed by atoms with van der Waals surface area (Å²) in [6, 6.07) is 17.0. The number of thiophene rings is 1. The van der Waals surface area contributed by atoms with Crippen LogP contribution in [0.1, 0.15) is 10.7 Å². The minimum Gasteiger partial charge on any atom is -0.497 e. The van der Waals surface area contributed by atoms with Gasteiger partial charge < -0.3 is 19.5 Å². The molecule has 0 saturated carbocycles. The second-order valence-electron chi connectivity index (χ2n) is 7.09. The van der Waals surface area contributed by atoms with Crippen LogP contribution in [0.5, 0.6) is 17.2 Å². The number of nitrogens with one attached hydrogen (secondary N) is 1. The molecule has 2 heterocycles. The van der Waals surface area contributed by atoms with Crippen LogP contribution in [0.2, 0.25) is 0 Å². The molecule has 0 fully saturated rings. The lowest BCUT2D eigenvalue weighted by Crippen LogP contribution is -2.15. The van der Waals surface area contributed by atoms with Crippen molar-refractivity contribution in [2.75, 3.05) is 32.4 Å². The van der Waals surface area contributed by atoms with Gasteiger partial charge in [0.05, 0.1) is 32.8 Å². The number of benzene rings is 2. The Kier molecular flexibility index (Phi) is 7.71. The van der Waals surface area contributed by atoms with Crippen LogP contribution in [0.15, 0.2) is 65.1 Å². The molecule has 1 amide bonds. The van der Waals surface area contributed by atoms with E-state index in [1.165, 1.54) is 16.6 Å². The van der Waals surface area contributed by atoms with Gasteiger partial charge in [0.1, 0.15) is 23.1 Å². The van der Waals surface area contributed by atoms with Crippen molar-refractivity contribution >= 4 is 34.7 Å². The molecule has 8 nitrogen and oxygen atoms in total. The lowest BCUT2D eigenvalue weighted by molar-refractivity contribution is -0.113. The number of aromatic nitrogens is 3. The Morgan fingerprint density at radius 1 is 1.00 bits per heavy atom. The molecule has 0 aliphatic carbocycles. The fraction of sp³-hybridized carbons (Fsp3) is 0.208. The zero-order chi connectivity index (χ0) is 23.9. The van der Waals surface area contributed by atoms with Gasteiger partial charge in [0.2, 0.25) is 5.91 Å². The van der Waals surface area contributed by atoms with Gasteiger partial charge in [-0.15, -0.1) is 21.5 Å². The van der Waals surface area contributed by atoms with Crippen LogP contribution in [0.25, 0.3) is 5.69 Å². The van der Waals surface area contributed by atoms with Crippen LogP contribution < -0.4 is 19.5 Å². The molecule has 176 valence electrons. The Labute approximate surface area is 205 Å². The van der Waals surface area contributed by atoms with Crippen LogP contribution >= 0.6 is 23.1 Å². The Bertz CT molecular complexity index is 1240. The van der Waals surface area contributed by atoms with Crippen molar-refractivity contribution in [3.8, 4) is 22.9 Å². The van der Waals surface area contributed by atoms with Gasteiger partial charge in [-0.25, -0.2) is 0 Å². The number of rotatable bonds is 10. The molecule has 1 N–H and O–H groups in total. The maximum Gasteiger partial charge on any atom is 0.234 e. The van der Waals surface area contributed by atoms with Gasteiger partial charge in [-0.2, -0.15) is 0 Å². The second kappa shape index (κ2) is 11.1. The molecule has 0 bridgehead atoms. The predicted molar refractivity (Wildman–Crippen MR) is 134 cm³/mol. The van der Waals surface area contributed by atoms with E-state index in [1.54, 1.807) is 50.9 Å². The molecule has 0 atom stereocenters. The molecule has 10 heteroatoms. The van der Waals surface area contributed by atoms with Gasteiger partial charge in [0, 0.05) is 23.1 Å². The van der Waals surface area contributed by atoms with E-state index in [4.69, 9.17) is 14.2 Å². The lowest BCUT2D eigenvalue weighted by Gasteiger charge is -2.12. The lowest BCUT2D eigenvalue weighted by atomic mass is 10.2. The van der Waals surface area contributed by atoms with Gasteiger partial charge in [0.25, 0.3) is 0 Å². The van der Waals surface area contributed by atoms with Crippen LogP contribution in [-0.4, -0.2) is 47.8 Å². The molecule has 0 aliphatic heterocycles. The van der Waals surface area contributed by atoms with Crippen molar-refractivity contribution in [2.24, 2.45) is 0 Å².